The van der Waals surface area contributed by atoms with Gasteiger partial charge in [-0.1, -0.05) is 25.1 Å². The fraction of sp³-hybridized carbons (Fsp3) is 0.429. The van der Waals surface area contributed by atoms with Crippen molar-refractivity contribution in [3.05, 3.63) is 36.0 Å². The molecule has 0 aliphatic heterocycles. The smallest absolute Gasteiger partial charge is 0.0499 e. The number of hydrogen-bond donors (Lipinski definition) is 2. The molecule has 0 saturated heterocycles. The molecule has 3 rings (SSSR count). The number of para-hydroxylation sites is 1. The molecule has 16 heavy (non-hydrogen) atoms. The molecule has 2 unspecified atom stereocenters. The van der Waals surface area contributed by atoms with E-state index in [1.807, 2.05) is 6.20 Å². The van der Waals surface area contributed by atoms with Crippen molar-refractivity contribution < 1.29 is 0 Å². The second kappa shape index (κ2) is 3.95. The molecule has 84 valence electrons. The first-order chi connectivity index (χ1) is 7.84. The molecule has 2 aromatic rings. The lowest BCUT2D eigenvalue weighted by molar-refractivity contribution is 0.613. The zero-order valence-electron chi connectivity index (χ0n) is 9.66. The minimum atomic E-state index is 0.919. The highest BCUT2D eigenvalue weighted by atomic mass is 14.9. The number of nitrogens with one attached hydrogen (secondary N) is 2. The van der Waals surface area contributed by atoms with Crippen molar-refractivity contribution in [2.75, 3.05) is 6.54 Å². The van der Waals surface area contributed by atoms with E-state index in [0.29, 0.717) is 0 Å². The van der Waals surface area contributed by atoms with Crippen molar-refractivity contribution >= 4 is 10.9 Å². The largest absolute Gasteiger partial charge is 0.361 e. The van der Waals surface area contributed by atoms with Gasteiger partial charge in [0.2, 0.25) is 0 Å². The normalized spacial score (nSPS) is 23.8. The molecular formula is C14H18N2. The number of aromatic amines is 1. The molecular weight excluding hydrogens is 196 g/mol. The van der Waals surface area contributed by atoms with E-state index in [0.717, 1.165) is 24.9 Å². The third-order valence-corrected chi connectivity index (χ3v) is 3.67. The van der Waals surface area contributed by atoms with Gasteiger partial charge in [0.25, 0.3) is 0 Å². The minimum Gasteiger partial charge on any atom is -0.361 e. The maximum atomic E-state index is 3.56. The zero-order valence-corrected chi connectivity index (χ0v) is 9.66. The van der Waals surface area contributed by atoms with E-state index >= 15 is 0 Å². The van der Waals surface area contributed by atoms with Gasteiger partial charge in [0.15, 0.2) is 0 Å². The quantitative estimate of drug-likeness (QED) is 0.804. The summed E-state index contributed by atoms with van der Waals surface area (Å²) in [4.78, 5) is 3.31. The standard InChI is InChI=1S/C14H18N2/c1-10-7-13(10)9-15-8-12-4-2-3-11-5-6-16-14(11)12/h2-6,10,13,15-16H,7-9H2,1H3. The fourth-order valence-electron chi connectivity index (χ4n) is 2.37. The Balaban J connectivity index is 1.66. The average Bonchev–Trinajstić information content (AvgIpc) is 2.81. The topological polar surface area (TPSA) is 27.8 Å². The number of aromatic nitrogens is 1. The van der Waals surface area contributed by atoms with E-state index in [1.165, 1.54) is 22.9 Å². The van der Waals surface area contributed by atoms with E-state index < -0.39 is 0 Å². The van der Waals surface area contributed by atoms with E-state index in [4.69, 9.17) is 0 Å². The first-order valence-electron chi connectivity index (χ1n) is 6.10. The highest BCUT2D eigenvalue weighted by Crippen LogP contribution is 2.36. The summed E-state index contributed by atoms with van der Waals surface area (Å²) in [6.07, 6.45) is 3.41. The van der Waals surface area contributed by atoms with Gasteiger partial charge in [-0.15, -0.1) is 0 Å². The molecule has 0 spiro atoms. The Kier molecular flexibility index (Phi) is 2.44. The van der Waals surface area contributed by atoms with E-state index in [2.05, 4.69) is 41.5 Å². The summed E-state index contributed by atoms with van der Waals surface area (Å²) in [6, 6.07) is 8.61. The molecule has 2 N–H and O–H groups in total. The molecule has 1 aliphatic carbocycles. The van der Waals surface area contributed by atoms with Gasteiger partial charge in [0.05, 0.1) is 0 Å². The first kappa shape index (κ1) is 9.91. The SMILES string of the molecule is CC1CC1CNCc1cccc2cc[nH]c12. The van der Waals surface area contributed by atoms with Gasteiger partial charge >= 0.3 is 0 Å². The second-order valence-electron chi connectivity index (χ2n) is 4.96. The third-order valence-electron chi connectivity index (χ3n) is 3.67. The molecule has 1 aromatic heterocycles. The molecule has 0 radical (unpaired) electrons. The molecule has 1 saturated carbocycles. The lowest BCUT2D eigenvalue weighted by atomic mass is 10.1. The summed E-state index contributed by atoms with van der Waals surface area (Å²) in [5.74, 6) is 1.86. The van der Waals surface area contributed by atoms with Crippen LogP contribution in [0.4, 0.5) is 0 Å². The van der Waals surface area contributed by atoms with Crippen molar-refractivity contribution in [3.63, 3.8) is 0 Å². The summed E-state index contributed by atoms with van der Waals surface area (Å²) in [5.41, 5.74) is 2.65. The summed E-state index contributed by atoms with van der Waals surface area (Å²) in [7, 11) is 0. The predicted octanol–water partition coefficient (Wildman–Crippen LogP) is 2.91. The monoisotopic (exact) mass is 214 g/mol. The van der Waals surface area contributed by atoms with E-state index in [-0.39, 0.29) is 0 Å². The number of rotatable bonds is 4. The van der Waals surface area contributed by atoms with Gasteiger partial charge in [-0.05, 0) is 41.8 Å². The van der Waals surface area contributed by atoms with Gasteiger partial charge in [-0.25, -0.2) is 0 Å². The number of hydrogen-bond acceptors (Lipinski definition) is 1. The number of fused-ring (bicyclic) bond motifs is 1. The van der Waals surface area contributed by atoms with Crippen LogP contribution >= 0.6 is 0 Å². The van der Waals surface area contributed by atoms with Crippen LogP contribution in [-0.2, 0) is 6.54 Å². The van der Waals surface area contributed by atoms with Crippen LogP contribution in [0.25, 0.3) is 10.9 Å². The summed E-state index contributed by atoms with van der Waals surface area (Å²) in [5, 5.41) is 4.86. The van der Waals surface area contributed by atoms with Gasteiger partial charge in [0, 0.05) is 18.3 Å². The van der Waals surface area contributed by atoms with Crippen molar-refractivity contribution in [3.8, 4) is 0 Å². The maximum absolute atomic E-state index is 3.56. The highest BCUT2D eigenvalue weighted by molar-refractivity contribution is 5.82. The molecule has 0 bridgehead atoms. The van der Waals surface area contributed by atoms with Gasteiger partial charge < -0.3 is 10.3 Å². The maximum Gasteiger partial charge on any atom is 0.0499 e. The predicted molar refractivity (Wildman–Crippen MR) is 67.3 cm³/mol. The van der Waals surface area contributed by atoms with Crippen molar-refractivity contribution in [2.45, 2.75) is 19.9 Å². The lowest BCUT2D eigenvalue weighted by Gasteiger charge is -2.05. The Labute approximate surface area is 96.1 Å². The second-order valence-corrected chi connectivity index (χ2v) is 4.96. The molecule has 2 heteroatoms. The molecule has 0 amide bonds. The van der Waals surface area contributed by atoms with Crippen LogP contribution in [0.2, 0.25) is 0 Å². The Bertz CT molecular complexity index is 486. The molecule has 1 aromatic carbocycles. The Morgan fingerprint density at radius 1 is 1.38 bits per heavy atom. The molecule has 2 nitrogen and oxygen atoms in total. The van der Waals surface area contributed by atoms with Gasteiger partial charge in [0.1, 0.15) is 0 Å². The molecule has 1 aliphatic rings. The minimum absolute atomic E-state index is 0.919. The van der Waals surface area contributed by atoms with Crippen LogP contribution < -0.4 is 5.32 Å². The van der Waals surface area contributed by atoms with Crippen molar-refractivity contribution in [2.24, 2.45) is 11.8 Å². The summed E-state index contributed by atoms with van der Waals surface area (Å²) < 4.78 is 0. The lowest BCUT2D eigenvalue weighted by Crippen LogP contribution is -2.16. The number of H-pyrrole nitrogens is 1. The van der Waals surface area contributed by atoms with Crippen LogP contribution in [-0.4, -0.2) is 11.5 Å². The zero-order chi connectivity index (χ0) is 11.0. The molecule has 1 fully saturated rings. The fourth-order valence-corrected chi connectivity index (χ4v) is 2.37. The van der Waals surface area contributed by atoms with Crippen LogP contribution in [0, 0.1) is 11.8 Å². The first-order valence-corrected chi connectivity index (χ1v) is 6.10. The Hall–Kier alpha value is -1.28. The van der Waals surface area contributed by atoms with Gasteiger partial charge in [-0.3, -0.25) is 0 Å². The van der Waals surface area contributed by atoms with E-state index in [1.54, 1.807) is 0 Å². The molecule has 1 heterocycles. The van der Waals surface area contributed by atoms with Crippen LogP contribution in [0.15, 0.2) is 30.5 Å². The number of benzene rings is 1. The molecule has 2 atom stereocenters. The van der Waals surface area contributed by atoms with Gasteiger partial charge in [-0.2, -0.15) is 0 Å². The Morgan fingerprint density at radius 2 is 2.25 bits per heavy atom. The van der Waals surface area contributed by atoms with Crippen molar-refractivity contribution in [1.82, 2.24) is 10.3 Å². The van der Waals surface area contributed by atoms with E-state index in [9.17, 15) is 0 Å². The summed E-state index contributed by atoms with van der Waals surface area (Å²) in [6.45, 7) is 4.47. The van der Waals surface area contributed by atoms with Crippen LogP contribution in [0.3, 0.4) is 0 Å². The highest BCUT2D eigenvalue weighted by Gasteiger charge is 2.31. The van der Waals surface area contributed by atoms with Crippen molar-refractivity contribution in [1.29, 1.82) is 0 Å². The van der Waals surface area contributed by atoms with Crippen LogP contribution in [0.5, 0.6) is 0 Å². The third kappa shape index (κ3) is 1.85. The Morgan fingerprint density at radius 3 is 3.06 bits per heavy atom. The van der Waals surface area contributed by atoms with Crippen LogP contribution in [0.1, 0.15) is 18.9 Å². The summed E-state index contributed by atoms with van der Waals surface area (Å²) >= 11 is 0. The average molecular weight is 214 g/mol.